The first-order valence-corrected chi connectivity index (χ1v) is 6.99. The van der Waals surface area contributed by atoms with Crippen LogP contribution in [-0.4, -0.2) is 66.6 Å². The van der Waals surface area contributed by atoms with Crippen molar-refractivity contribution in [2.75, 3.05) is 39.8 Å². The molecular weight excluding hydrogens is 272 g/mol. The maximum absolute atomic E-state index is 12.1. The van der Waals surface area contributed by atoms with Crippen LogP contribution in [0.15, 0.2) is 18.2 Å². The Morgan fingerprint density at radius 3 is 2.57 bits per heavy atom. The van der Waals surface area contributed by atoms with Crippen molar-refractivity contribution in [3.05, 3.63) is 29.6 Å². The molecule has 21 heavy (non-hydrogen) atoms. The van der Waals surface area contributed by atoms with Crippen molar-refractivity contribution in [2.24, 2.45) is 0 Å². The van der Waals surface area contributed by atoms with E-state index in [2.05, 4.69) is 15.3 Å². The van der Waals surface area contributed by atoms with Crippen LogP contribution in [0.1, 0.15) is 27.9 Å². The van der Waals surface area contributed by atoms with Crippen molar-refractivity contribution >= 4 is 11.9 Å². The highest BCUT2D eigenvalue weighted by molar-refractivity contribution is 5.94. The van der Waals surface area contributed by atoms with Crippen LogP contribution >= 0.6 is 0 Å². The first-order valence-electron chi connectivity index (χ1n) is 6.99. The molecule has 1 amide bonds. The first kappa shape index (κ1) is 15.4. The number of hydrazine groups is 1. The minimum Gasteiger partial charge on any atom is -0.461 e. The average molecular weight is 292 g/mol. The number of piperazine rings is 1. The Morgan fingerprint density at radius 1 is 1.24 bits per heavy atom. The molecular formula is C14H20N4O3. The SMILES string of the molecule is CCOC(=O)c1cccc(C(=O)NN2CCN(C)CC2)n1. The summed E-state index contributed by atoms with van der Waals surface area (Å²) in [6.07, 6.45) is 0. The van der Waals surface area contributed by atoms with Gasteiger partial charge in [0.1, 0.15) is 11.4 Å². The second kappa shape index (κ2) is 7.14. The molecule has 2 heterocycles. The number of aromatic nitrogens is 1. The van der Waals surface area contributed by atoms with Crippen molar-refractivity contribution in [1.82, 2.24) is 20.3 Å². The van der Waals surface area contributed by atoms with E-state index in [1.165, 1.54) is 6.07 Å². The summed E-state index contributed by atoms with van der Waals surface area (Å²) in [4.78, 5) is 30.0. The van der Waals surface area contributed by atoms with Crippen LogP contribution in [-0.2, 0) is 4.74 Å². The van der Waals surface area contributed by atoms with Gasteiger partial charge in [-0.1, -0.05) is 6.07 Å². The van der Waals surface area contributed by atoms with Crippen molar-refractivity contribution in [2.45, 2.75) is 6.92 Å². The molecule has 0 aliphatic carbocycles. The van der Waals surface area contributed by atoms with Gasteiger partial charge in [-0.05, 0) is 26.1 Å². The molecule has 0 radical (unpaired) electrons. The number of carbonyl (C=O) groups excluding carboxylic acids is 2. The molecule has 0 atom stereocenters. The van der Waals surface area contributed by atoms with Crippen molar-refractivity contribution in [3.8, 4) is 0 Å². The lowest BCUT2D eigenvalue weighted by molar-refractivity contribution is 0.0519. The van der Waals surface area contributed by atoms with E-state index >= 15 is 0 Å². The van der Waals surface area contributed by atoms with Crippen molar-refractivity contribution < 1.29 is 14.3 Å². The highest BCUT2D eigenvalue weighted by atomic mass is 16.5. The largest absolute Gasteiger partial charge is 0.461 e. The van der Waals surface area contributed by atoms with Crippen LogP contribution in [0.4, 0.5) is 0 Å². The fraction of sp³-hybridized carbons (Fsp3) is 0.500. The molecule has 1 aliphatic heterocycles. The average Bonchev–Trinajstić information content (AvgIpc) is 2.50. The maximum Gasteiger partial charge on any atom is 0.356 e. The zero-order chi connectivity index (χ0) is 15.2. The summed E-state index contributed by atoms with van der Waals surface area (Å²) < 4.78 is 4.88. The summed E-state index contributed by atoms with van der Waals surface area (Å²) in [5.41, 5.74) is 3.16. The third-order valence-electron chi connectivity index (χ3n) is 3.23. The zero-order valence-electron chi connectivity index (χ0n) is 12.3. The molecule has 7 nitrogen and oxygen atoms in total. The molecule has 1 fully saturated rings. The molecule has 1 aromatic rings. The van der Waals surface area contributed by atoms with Gasteiger partial charge < -0.3 is 9.64 Å². The summed E-state index contributed by atoms with van der Waals surface area (Å²) in [6, 6.07) is 4.73. The van der Waals surface area contributed by atoms with E-state index in [1.54, 1.807) is 19.1 Å². The minimum atomic E-state index is -0.522. The Bertz CT molecular complexity index is 513. The van der Waals surface area contributed by atoms with Crippen molar-refractivity contribution in [1.29, 1.82) is 0 Å². The topological polar surface area (TPSA) is 74.8 Å². The van der Waals surface area contributed by atoms with E-state index in [9.17, 15) is 9.59 Å². The molecule has 0 spiro atoms. The number of hydrogen-bond acceptors (Lipinski definition) is 6. The van der Waals surface area contributed by atoms with E-state index in [0.29, 0.717) is 0 Å². The lowest BCUT2D eigenvalue weighted by Crippen LogP contribution is -2.52. The zero-order valence-corrected chi connectivity index (χ0v) is 12.3. The van der Waals surface area contributed by atoms with Crippen LogP contribution in [0.3, 0.4) is 0 Å². The number of nitrogens with one attached hydrogen (secondary N) is 1. The Hall–Kier alpha value is -1.99. The van der Waals surface area contributed by atoms with Gasteiger partial charge in [0.25, 0.3) is 5.91 Å². The summed E-state index contributed by atoms with van der Waals surface area (Å²) >= 11 is 0. The van der Waals surface area contributed by atoms with E-state index in [1.807, 2.05) is 12.1 Å². The van der Waals surface area contributed by atoms with Gasteiger partial charge in [0.15, 0.2) is 0 Å². The molecule has 0 aromatic carbocycles. The van der Waals surface area contributed by atoms with Gasteiger partial charge in [-0.3, -0.25) is 10.2 Å². The van der Waals surface area contributed by atoms with Gasteiger partial charge in [0, 0.05) is 26.2 Å². The number of carbonyl (C=O) groups is 2. The predicted octanol–water partition coefficient (Wildman–Crippen LogP) is 0.151. The number of likely N-dealkylation sites (N-methyl/N-ethyl adjacent to an activating group) is 1. The van der Waals surface area contributed by atoms with E-state index in [0.717, 1.165) is 26.2 Å². The second-order valence-electron chi connectivity index (χ2n) is 4.86. The number of ether oxygens (including phenoxy) is 1. The van der Waals surface area contributed by atoms with Crippen LogP contribution in [0.5, 0.6) is 0 Å². The summed E-state index contributed by atoms with van der Waals surface area (Å²) in [5.74, 6) is -0.836. The number of amides is 1. The fourth-order valence-electron chi connectivity index (χ4n) is 2.00. The number of rotatable bonds is 4. The normalized spacial score (nSPS) is 16.5. The summed E-state index contributed by atoms with van der Waals surface area (Å²) in [7, 11) is 2.05. The first-order chi connectivity index (χ1) is 10.1. The van der Waals surface area contributed by atoms with Gasteiger partial charge in [0.05, 0.1) is 6.61 Å². The van der Waals surface area contributed by atoms with Gasteiger partial charge >= 0.3 is 5.97 Å². The van der Waals surface area contributed by atoms with Crippen LogP contribution in [0, 0.1) is 0 Å². The number of esters is 1. The van der Waals surface area contributed by atoms with E-state index in [-0.39, 0.29) is 23.9 Å². The van der Waals surface area contributed by atoms with Crippen LogP contribution < -0.4 is 5.43 Å². The number of hydrogen-bond donors (Lipinski definition) is 1. The van der Waals surface area contributed by atoms with Crippen molar-refractivity contribution in [3.63, 3.8) is 0 Å². The molecule has 1 aromatic heterocycles. The summed E-state index contributed by atoms with van der Waals surface area (Å²) in [6.45, 7) is 5.33. The third kappa shape index (κ3) is 4.24. The molecule has 1 N–H and O–H groups in total. The highest BCUT2D eigenvalue weighted by Gasteiger charge is 2.18. The van der Waals surface area contributed by atoms with Gasteiger partial charge in [0.2, 0.25) is 0 Å². The van der Waals surface area contributed by atoms with Gasteiger partial charge in [-0.2, -0.15) is 0 Å². The summed E-state index contributed by atoms with van der Waals surface area (Å²) in [5, 5.41) is 1.86. The van der Waals surface area contributed by atoms with E-state index in [4.69, 9.17) is 4.74 Å². The Labute approximate surface area is 123 Å². The minimum absolute atomic E-state index is 0.142. The smallest absolute Gasteiger partial charge is 0.356 e. The van der Waals surface area contributed by atoms with E-state index < -0.39 is 5.97 Å². The molecule has 0 bridgehead atoms. The molecule has 0 unspecified atom stereocenters. The quantitative estimate of drug-likeness (QED) is 0.796. The van der Waals surface area contributed by atoms with Crippen LogP contribution in [0.2, 0.25) is 0 Å². The highest BCUT2D eigenvalue weighted by Crippen LogP contribution is 2.03. The van der Waals surface area contributed by atoms with Gasteiger partial charge in [-0.25, -0.2) is 14.8 Å². The number of pyridine rings is 1. The lowest BCUT2D eigenvalue weighted by Gasteiger charge is -2.32. The fourth-order valence-corrected chi connectivity index (χ4v) is 2.00. The molecule has 1 saturated heterocycles. The molecule has 7 heteroatoms. The molecule has 0 saturated carbocycles. The Balaban J connectivity index is 1.99. The van der Waals surface area contributed by atoms with Gasteiger partial charge in [-0.15, -0.1) is 0 Å². The predicted molar refractivity (Wildman–Crippen MR) is 76.7 cm³/mol. The Kier molecular flexibility index (Phi) is 5.24. The molecule has 114 valence electrons. The molecule has 1 aliphatic rings. The number of nitrogens with zero attached hydrogens (tertiary/aromatic N) is 3. The lowest BCUT2D eigenvalue weighted by atomic mass is 10.3. The molecule has 2 rings (SSSR count). The standard InChI is InChI=1S/C14H20N4O3/c1-3-21-14(20)12-6-4-5-11(15-12)13(19)16-18-9-7-17(2)8-10-18/h4-6H,3,7-10H2,1-2H3,(H,16,19). The monoisotopic (exact) mass is 292 g/mol. The second-order valence-corrected chi connectivity index (χ2v) is 4.86. The maximum atomic E-state index is 12.1. The van der Waals surface area contributed by atoms with Crippen LogP contribution in [0.25, 0.3) is 0 Å². The third-order valence-corrected chi connectivity index (χ3v) is 3.23. The Morgan fingerprint density at radius 2 is 1.90 bits per heavy atom.